The first kappa shape index (κ1) is 23.6. The molecule has 0 bridgehead atoms. The largest absolute Gasteiger partial charge is 0.395 e. The molecule has 4 aromatic rings. The Hall–Kier alpha value is -3.54. The monoisotopic (exact) mass is 476 g/mol. The Balaban J connectivity index is 1.77. The van der Waals surface area contributed by atoms with Crippen molar-refractivity contribution in [1.29, 1.82) is 5.26 Å². The van der Waals surface area contributed by atoms with E-state index in [1.807, 2.05) is 34.9 Å². The van der Waals surface area contributed by atoms with Crippen molar-refractivity contribution in [3.05, 3.63) is 89.5 Å². The summed E-state index contributed by atoms with van der Waals surface area (Å²) in [6.45, 7) is 2.88. The number of aliphatic hydroxyl groups excluding tert-OH is 1. The van der Waals surface area contributed by atoms with E-state index >= 15 is 0 Å². The third-order valence-electron chi connectivity index (χ3n) is 5.52. The van der Waals surface area contributed by atoms with Crippen LogP contribution in [-0.2, 0) is 30.5 Å². The number of rotatable bonds is 9. The van der Waals surface area contributed by atoms with Gasteiger partial charge in [-0.1, -0.05) is 19.1 Å². The van der Waals surface area contributed by atoms with Crippen LogP contribution in [0, 0.1) is 17.1 Å². The maximum absolute atomic E-state index is 13.6. The fourth-order valence-corrected chi connectivity index (χ4v) is 5.06. The Labute approximate surface area is 200 Å². The topological polar surface area (TPSA) is 82.2 Å². The molecule has 0 amide bonds. The molecule has 1 heterocycles. The molecule has 34 heavy (non-hydrogen) atoms. The predicted molar refractivity (Wildman–Crippen MR) is 131 cm³/mol. The maximum Gasteiger partial charge on any atom is 0.153 e. The van der Waals surface area contributed by atoms with Gasteiger partial charge in [0.1, 0.15) is 11.6 Å². The Morgan fingerprint density at radius 3 is 2.50 bits per heavy atom. The number of nitrogens with zero attached hydrogens (tertiary/aromatic N) is 4. The van der Waals surface area contributed by atoms with Gasteiger partial charge in [-0.05, 0) is 66.6 Å². The first-order valence-electron chi connectivity index (χ1n) is 11.1. The average molecular weight is 477 g/mol. The second-order valence-electron chi connectivity index (χ2n) is 7.87. The summed E-state index contributed by atoms with van der Waals surface area (Å²) in [5.74, 6) is 0.515. The highest BCUT2D eigenvalue weighted by Crippen LogP contribution is 2.28. The molecule has 1 N–H and O–H groups in total. The molecule has 1 atom stereocenters. The van der Waals surface area contributed by atoms with Gasteiger partial charge in [-0.15, -0.1) is 0 Å². The number of hydrogen-bond acceptors (Lipinski definition) is 4. The predicted octanol–water partition coefficient (Wildman–Crippen LogP) is 4.72. The van der Waals surface area contributed by atoms with E-state index in [0.717, 1.165) is 35.3 Å². The number of hydrogen-bond donors (Lipinski definition) is 1. The summed E-state index contributed by atoms with van der Waals surface area (Å²) in [5.41, 5.74) is 3.81. The smallest absolute Gasteiger partial charge is 0.153 e. The first-order valence-corrected chi connectivity index (χ1v) is 12.2. The molecule has 6 nitrogen and oxygen atoms in total. The van der Waals surface area contributed by atoms with Gasteiger partial charge in [-0.25, -0.2) is 13.6 Å². The Morgan fingerprint density at radius 1 is 1.12 bits per heavy atom. The number of fused-ring (bicyclic) bond motifs is 1. The summed E-state index contributed by atoms with van der Waals surface area (Å²) in [6.07, 6.45) is 1.72. The van der Waals surface area contributed by atoms with E-state index in [9.17, 15) is 13.7 Å². The molecule has 0 fully saturated rings. The van der Waals surface area contributed by atoms with Crippen LogP contribution < -0.4 is 4.31 Å². The quantitative estimate of drug-likeness (QED) is 0.379. The molecule has 4 rings (SSSR count). The summed E-state index contributed by atoms with van der Waals surface area (Å²) in [6, 6.07) is 20.6. The van der Waals surface area contributed by atoms with Gasteiger partial charge < -0.3 is 9.67 Å². The highest BCUT2D eigenvalue weighted by atomic mass is 32.2. The maximum atomic E-state index is 13.6. The van der Waals surface area contributed by atoms with Crippen LogP contribution in [0.25, 0.3) is 11.0 Å². The van der Waals surface area contributed by atoms with E-state index in [0.29, 0.717) is 29.2 Å². The number of anilines is 1. The van der Waals surface area contributed by atoms with Gasteiger partial charge in [0.25, 0.3) is 0 Å². The first-order chi connectivity index (χ1) is 16.5. The molecular weight excluding hydrogens is 451 g/mol. The van der Waals surface area contributed by atoms with Crippen molar-refractivity contribution in [2.75, 3.05) is 10.9 Å². The third-order valence-corrected chi connectivity index (χ3v) is 6.94. The van der Waals surface area contributed by atoms with Crippen molar-refractivity contribution in [3.63, 3.8) is 0 Å². The lowest BCUT2D eigenvalue weighted by Crippen LogP contribution is -2.25. The lowest BCUT2D eigenvalue weighted by atomic mass is 10.1. The molecule has 1 unspecified atom stereocenters. The average Bonchev–Trinajstić information content (AvgIpc) is 3.19. The minimum atomic E-state index is -1.61. The van der Waals surface area contributed by atoms with Gasteiger partial charge in [-0.2, -0.15) is 5.26 Å². The molecule has 0 aliphatic rings. The molecule has 0 radical (unpaired) electrons. The Morgan fingerprint density at radius 2 is 1.85 bits per heavy atom. The number of imidazole rings is 1. The normalized spacial score (nSPS) is 11.9. The van der Waals surface area contributed by atoms with Crippen LogP contribution in [0.2, 0.25) is 0 Å². The van der Waals surface area contributed by atoms with E-state index in [1.165, 1.54) is 24.3 Å². The highest BCUT2D eigenvalue weighted by molar-refractivity contribution is 7.86. The summed E-state index contributed by atoms with van der Waals surface area (Å²) in [5, 5.41) is 18.6. The zero-order valence-corrected chi connectivity index (χ0v) is 19.6. The summed E-state index contributed by atoms with van der Waals surface area (Å²) in [4.78, 5) is 5.26. The molecule has 0 saturated carbocycles. The van der Waals surface area contributed by atoms with Gasteiger partial charge in [0.05, 0.1) is 46.4 Å². The zero-order valence-electron chi connectivity index (χ0n) is 18.8. The van der Waals surface area contributed by atoms with Crippen LogP contribution in [0.3, 0.4) is 0 Å². The van der Waals surface area contributed by atoms with Gasteiger partial charge in [-0.3, -0.25) is 4.31 Å². The second kappa shape index (κ2) is 10.6. The molecule has 0 aliphatic carbocycles. The molecule has 3 aromatic carbocycles. The van der Waals surface area contributed by atoms with E-state index in [2.05, 4.69) is 13.0 Å². The third kappa shape index (κ3) is 5.01. The van der Waals surface area contributed by atoms with Crippen molar-refractivity contribution in [1.82, 2.24) is 9.55 Å². The Bertz CT molecular complexity index is 1340. The number of halogens is 1. The van der Waals surface area contributed by atoms with Crippen molar-refractivity contribution >= 4 is 27.7 Å². The van der Waals surface area contributed by atoms with Gasteiger partial charge >= 0.3 is 0 Å². The van der Waals surface area contributed by atoms with Crippen molar-refractivity contribution < 1.29 is 13.7 Å². The molecule has 0 aliphatic heterocycles. The van der Waals surface area contributed by atoms with E-state index in [1.54, 1.807) is 16.4 Å². The van der Waals surface area contributed by atoms with Crippen LogP contribution >= 0.6 is 0 Å². The number of benzene rings is 3. The molecular formula is C26H25FN4O2S. The van der Waals surface area contributed by atoms with Crippen LogP contribution in [0.4, 0.5) is 10.1 Å². The van der Waals surface area contributed by atoms with E-state index in [4.69, 9.17) is 10.2 Å². The van der Waals surface area contributed by atoms with Crippen molar-refractivity contribution in [2.24, 2.45) is 0 Å². The highest BCUT2D eigenvalue weighted by Gasteiger charge is 2.19. The molecule has 174 valence electrons. The molecule has 0 saturated heterocycles. The minimum absolute atomic E-state index is 0.0172. The summed E-state index contributed by atoms with van der Waals surface area (Å²) < 4.78 is 30.8. The fraction of sp³-hybridized carbons (Fsp3) is 0.231. The molecule has 0 spiro atoms. The zero-order chi connectivity index (χ0) is 24.1. The van der Waals surface area contributed by atoms with Crippen molar-refractivity contribution in [3.8, 4) is 6.07 Å². The van der Waals surface area contributed by atoms with Gasteiger partial charge in [0, 0.05) is 13.0 Å². The van der Waals surface area contributed by atoms with Crippen molar-refractivity contribution in [2.45, 2.75) is 37.8 Å². The van der Waals surface area contributed by atoms with E-state index < -0.39 is 16.8 Å². The summed E-state index contributed by atoms with van der Waals surface area (Å²) >= 11 is 0. The standard InChI is InChI=1S/C26H25FN4O2S/c1-2-3-26-29-24-16-22(10-13-25(24)30(26)14-15-32)31(18-20-6-4-19(17-28)5-7-20)34(33)23-11-8-21(27)9-12-23/h4-13,16,32H,2-3,14-15,18H2,1H3. The molecule has 1 aromatic heterocycles. The number of aryl methyl sites for hydroxylation is 1. The van der Waals surface area contributed by atoms with Crippen LogP contribution in [-0.4, -0.2) is 25.5 Å². The second-order valence-corrected chi connectivity index (χ2v) is 9.29. The lowest BCUT2D eigenvalue weighted by Gasteiger charge is -2.24. The van der Waals surface area contributed by atoms with Gasteiger partial charge in [0.15, 0.2) is 11.0 Å². The van der Waals surface area contributed by atoms with Gasteiger partial charge in [0.2, 0.25) is 0 Å². The lowest BCUT2D eigenvalue weighted by molar-refractivity contribution is 0.276. The van der Waals surface area contributed by atoms with Crippen LogP contribution in [0.1, 0.15) is 30.3 Å². The number of nitriles is 1. The Kier molecular flexibility index (Phi) is 7.36. The number of aliphatic hydroxyl groups is 1. The minimum Gasteiger partial charge on any atom is -0.395 e. The fourth-order valence-electron chi connectivity index (χ4n) is 3.86. The van der Waals surface area contributed by atoms with Crippen LogP contribution in [0.15, 0.2) is 71.6 Å². The molecule has 8 heteroatoms. The number of aromatic nitrogens is 2. The summed E-state index contributed by atoms with van der Waals surface area (Å²) in [7, 11) is -1.61. The van der Waals surface area contributed by atoms with E-state index in [-0.39, 0.29) is 6.61 Å². The van der Waals surface area contributed by atoms with Crippen LogP contribution in [0.5, 0.6) is 0 Å². The SMILES string of the molecule is CCCc1nc2cc(N(Cc3ccc(C#N)cc3)S(=O)c3ccc(F)cc3)ccc2n1CCO.